The summed E-state index contributed by atoms with van der Waals surface area (Å²) >= 11 is 1.45. The highest BCUT2D eigenvalue weighted by Crippen LogP contribution is 2.41. The first kappa shape index (κ1) is 16.9. The number of rotatable bonds is 5. The van der Waals surface area contributed by atoms with Gasteiger partial charge in [-0.2, -0.15) is 0 Å². The highest BCUT2D eigenvalue weighted by molar-refractivity contribution is 7.21. The number of thiophene rings is 1. The minimum atomic E-state index is 0.557. The van der Waals surface area contributed by atoms with Crippen LogP contribution in [0.1, 0.15) is 41.8 Å². The van der Waals surface area contributed by atoms with E-state index in [4.69, 9.17) is 4.99 Å². The van der Waals surface area contributed by atoms with E-state index in [9.17, 15) is 4.79 Å². The molecule has 0 spiro atoms. The Bertz CT molecular complexity index is 747. The van der Waals surface area contributed by atoms with E-state index in [2.05, 4.69) is 16.9 Å². The van der Waals surface area contributed by atoms with Crippen molar-refractivity contribution in [2.45, 2.75) is 38.1 Å². The van der Waals surface area contributed by atoms with Gasteiger partial charge in [-0.1, -0.05) is 19.3 Å². The number of aliphatic imine (C=N–C) groups is 1. The van der Waals surface area contributed by atoms with Gasteiger partial charge < -0.3 is 9.80 Å². The van der Waals surface area contributed by atoms with Crippen LogP contribution in [0.15, 0.2) is 17.4 Å². The lowest BCUT2D eigenvalue weighted by molar-refractivity contribution is 0.112. The van der Waals surface area contributed by atoms with Crippen LogP contribution in [0.4, 0.5) is 11.4 Å². The highest BCUT2D eigenvalue weighted by atomic mass is 32.1. The van der Waals surface area contributed by atoms with Crippen molar-refractivity contribution in [2.75, 3.05) is 26.0 Å². The van der Waals surface area contributed by atoms with E-state index in [1.807, 2.05) is 37.7 Å². The van der Waals surface area contributed by atoms with Crippen LogP contribution < -0.4 is 4.90 Å². The third kappa shape index (κ3) is 3.29. The molecule has 1 fully saturated rings. The zero-order valence-corrected chi connectivity index (χ0v) is 15.3. The molecular weight excluding hydrogens is 320 g/mol. The molecule has 0 amide bonds. The summed E-state index contributed by atoms with van der Waals surface area (Å²) in [7, 11) is 6.05. The number of aldehydes is 1. The lowest BCUT2D eigenvalue weighted by Crippen LogP contribution is -2.32. The van der Waals surface area contributed by atoms with Crippen molar-refractivity contribution in [1.82, 2.24) is 9.88 Å². The number of nitrogens with zero attached hydrogens (tertiary/aromatic N) is 4. The van der Waals surface area contributed by atoms with Gasteiger partial charge in [0.15, 0.2) is 6.29 Å². The quantitative estimate of drug-likeness (QED) is 0.465. The van der Waals surface area contributed by atoms with Crippen molar-refractivity contribution in [3.05, 3.63) is 17.3 Å². The lowest BCUT2D eigenvalue weighted by atomic mass is 9.95. The van der Waals surface area contributed by atoms with Gasteiger partial charge in [0.05, 0.1) is 33.5 Å². The fraction of sp³-hybridized carbons (Fsp3) is 0.500. The van der Waals surface area contributed by atoms with E-state index in [-0.39, 0.29) is 0 Å². The zero-order valence-electron chi connectivity index (χ0n) is 14.5. The van der Waals surface area contributed by atoms with Crippen LogP contribution in [0.2, 0.25) is 0 Å². The minimum Gasteiger partial charge on any atom is -0.376 e. The molecule has 0 N–H and O–H groups in total. The Balaban J connectivity index is 1.98. The van der Waals surface area contributed by atoms with E-state index in [0.29, 0.717) is 10.9 Å². The number of carbonyl (C=O) groups is 1. The van der Waals surface area contributed by atoms with Crippen LogP contribution in [-0.4, -0.2) is 49.7 Å². The molecule has 5 nitrogen and oxygen atoms in total. The maximum atomic E-state index is 11.5. The first-order valence-electron chi connectivity index (χ1n) is 8.41. The average Bonchev–Trinajstić information content (AvgIpc) is 2.98. The summed E-state index contributed by atoms with van der Waals surface area (Å²) in [4.78, 5) is 25.4. The standard InChI is InChI=1S/C18H24N4OS/c1-21(2)14-9-19-10-15-17(14)18(16(11-23)24-15)20-12-22(3)13-7-5-4-6-8-13/h9-13H,4-8H2,1-3H3. The number of hydrogen-bond donors (Lipinski definition) is 0. The normalized spacial score (nSPS) is 16.0. The second-order valence-electron chi connectivity index (χ2n) is 6.56. The van der Waals surface area contributed by atoms with Crippen molar-refractivity contribution >= 4 is 45.4 Å². The molecule has 2 aromatic heterocycles. The number of carbonyl (C=O) groups excluding carboxylic acids is 1. The summed E-state index contributed by atoms with van der Waals surface area (Å²) in [6.45, 7) is 0. The number of anilines is 1. The van der Waals surface area contributed by atoms with Crippen LogP contribution in [0.25, 0.3) is 10.1 Å². The lowest BCUT2D eigenvalue weighted by Gasteiger charge is -2.29. The molecule has 1 saturated carbocycles. The van der Waals surface area contributed by atoms with E-state index in [1.165, 1.54) is 43.4 Å². The molecule has 0 aliphatic heterocycles. The molecule has 2 heterocycles. The van der Waals surface area contributed by atoms with Gasteiger partial charge in [-0.25, -0.2) is 4.99 Å². The predicted octanol–water partition coefficient (Wildman–Crippen LogP) is 4.10. The summed E-state index contributed by atoms with van der Waals surface area (Å²) in [5.41, 5.74) is 1.75. The summed E-state index contributed by atoms with van der Waals surface area (Å²) in [6, 6.07) is 0.557. The van der Waals surface area contributed by atoms with Crippen LogP contribution >= 0.6 is 11.3 Å². The maximum absolute atomic E-state index is 11.5. The topological polar surface area (TPSA) is 48.8 Å². The molecule has 0 aromatic carbocycles. The molecule has 1 aliphatic carbocycles. The fourth-order valence-corrected chi connectivity index (χ4v) is 4.27. The first-order valence-corrected chi connectivity index (χ1v) is 9.22. The largest absolute Gasteiger partial charge is 0.376 e. The van der Waals surface area contributed by atoms with Gasteiger partial charge in [-0.15, -0.1) is 11.3 Å². The molecule has 0 radical (unpaired) electrons. The predicted molar refractivity (Wildman–Crippen MR) is 102 cm³/mol. The van der Waals surface area contributed by atoms with Gasteiger partial charge >= 0.3 is 0 Å². The Morgan fingerprint density at radius 2 is 1.96 bits per heavy atom. The van der Waals surface area contributed by atoms with E-state index in [1.54, 1.807) is 0 Å². The first-order chi connectivity index (χ1) is 11.6. The zero-order chi connectivity index (χ0) is 17.1. The van der Waals surface area contributed by atoms with Crippen molar-refractivity contribution in [3.8, 4) is 0 Å². The van der Waals surface area contributed by atoms with Crippen LogP contribution in [0.3, 0.4) is 0 Å². The molecule has 0 unspecified atom stereocenters. The molecule has 6 heteroatoms. The van der Waals surface area contributed by atoms with Gasteiger partial charge in [0.1, 0.15) is 0 Å². The van der Waals surface area contributed by atoms with Crippen molar-refractivity contribution in [3.63, 3.8) is 0 Å². The van der Waals surface area contributed by atoms with Gasteiger partial charge in [0.25, 0.3) is 0 Å². The molecular formula is C18H24N4OS. The van der Waals surface area contributed by atoms with Gasteiger partial charge in [-0.3, -0.25) is 9.78 Å². The third-order valence-corrected chi connectivity index (χ3v) is 5.73. The second kappa shape index (κ2) is 7.30. The van der Waals surface area contributed by atoms with Gasteiger partial charge in [0.2, 0.25) is 0 Å². The molecule has 128 valence electrons. The molecule has 3 rings (SSSR count). The number of aromatic nitrogens is 1. The SMILES string of the molecule is CN(C)c1cncc2sc(C=O)c(N=CN(C)C3CCCCC3)c12. The minimum absolute atomic E-state index is 0.557. The monoisotopic (exact) mass is 344 g/mol. The molecule has 0 bridgehead atoms. The van der Waals surface area contributed by atoms with Crippen molar-refractivity contribution in [1.29, 1.82) is 0 Å². The summed E-state index contributed by atoms with van der Waals surface area (Å²) in [5.74, 6) is 0. The van der Waals surface area contributed by atoms with Crippen molar-refractivity contribution in [2.24, 2.45) is 4.99 Å². The molecule has 0 atom stereocenters. The smallest absolute Gasteiger partial charge is 0.162 e. The Labute approximate surface area is 147 Å². The number of hydrogen-bond acceptors (Lipinski definition) is 5. The second-order valence-corrected chi connectivity index (χ2v) is 7.64. The van der Waals surface area contributed by atoms with Crippen LogP contribution in [0.5, 0.6) is 0 Å². The number of fused-ring (bicyclic) bond motifs is 1. The Morgan fingerprint density at radius 3 is 2.62 bits per heavy atom. The van der Waals surface area contributed by atoms with Crippen LogP contribution in [0, 0.1) is 0 Å². The third-order valence-electron chi connectivity index (χ3n) is 4.69. The summed E-state index contributed by atoms with van der Waals surface area (Å²) in [6.07, 6.45) is 12.8. The van der Waals surface area contributed by atoms with E-state index in [0.717, 1.165) is 27.7 Å². The van der Waals surface area contributed by atoms with Gasteiger partial charge in [-0.05, 0) is 12.8 Å². The fourth-order valence-electron chi connectivity index (χ4n) is 3.31. The van der Waals surface area contributed by atoms with Gasteiger partial charge in [0, 0.05) is 38.8 Å². The summed E-state index contributed by atoms with van der Waals surface area (Å²) < 4.78 is 0.996. The molecule has 24 heavy (non-hydrogen) atoms. The van der Waals surface area contributed by atoms with Crippen LogP contribution in [-0.2, 0) is 0 Å². The molecule has 2 aromatic rings. The van der Waals surface area contributed by atoms with E-state index < -0.39 is 0 Å². The average molecular weight is 344 g/mol. The summed E-state index contributed by atoms with van der Waals surface area (Å²) in [5, 5.41) is 1.01. The maximum Gasteiger partial charge on any atom is 0.162 e. The Kier molecular flexibility index (Phi) is 5.14. The van der Waals surface area contributed by atoms with E-state index >= 15 is 0 Å². The molecule has 1 aliphatic rings. The Hall–Kier alpha value is -1.95. The Morgan fingerprint density at radius 1 is 1.21 bits per heavy atom. The molecule has 0 saturated heterocycles. The highest BCUT2D eigenvalue weighted by Gasteiger charge is 2.18. The number of pyridine rings is 1. The van der Waals surface area contributed by atoms with Crippen molar-refractivity contribution < 1.29 is 4.79 Å².